The number of ether oxygens (including phenoxy) is 2. The molecule has 34 nitrogen and oxygen atoms in total. The minimum absolute atomic E-state index is 1.52. The summed E-state index contributed by atoms with van der Waals surface area (Å²) in [6.45, 7) is -5.85. The lowest BCUT2D eigenvalue weighted by atomic mass is 10.0. The van der Waals surface area contributed by atoms with Crippen LogP contribution in [-0.4, -0.2) is 173 Å². The largest absolute Gasteiger partial charge is 0.397 e. The predicted octanol–water partition coefficient (Wildman–Crippen LogP) is -6.51. The zero-order valence-corrected chi connectivity index (χ0v) is 30.7. The molecule has 318 valence electrons. The van der Waals surface area contributed by atoms with Crippen molar-refractivity contribution in [3.05, 3.63) is 0 Å². The molecule has 0 amide bonds. The van der Waals surface area contributed by atoms with E-state index in [1.807, 2.05) is 0 Å². The van der Waals surface area contributed by atoms with Gasteiger partial charge >= 0.3 is 83.2 Å². The molecule has 1 heterocycles. The summed E-state index contributed by atoms with van der Waals surface area (Å²) in [5, 5.41) is 0. The fourth-order valence-electron chi connectivity index (χ4n) is 3.57. The summed E-state index contributed by atoms with van der Waals surface area (Å²) in [7, 11) is -48.3. The Morgan fingerprint density at radius 1 is 0.453 bits per heavy atom. The molecular formula is C11H22O34S8. The highest BCUT2D eigenvalue weighted by Gasteiger charge is 2.51. The lowest BCUT2D eigenvalue weighted by molar-refractivity contribution is -0.263. The number of hydrogen-bond acceptors (Lipinski definition) is 26. The second-order valence-corrected chi connectivity index (χ2v) is 17.3. The SMILES string of the molecule is O=S(=O)(O)OC[C@@H](OS(=O)(=O)O)[C@@H](OS(=O)(=O)O)[C@H](OS(=O)(=O)O)[C@@H](CO[C@H]1OC[C@@H](OS(=O)(=O)O)[C@@H](OS(=O)(=O)O)[C@@H]1OS(=O)(=O)O)OS(=O)(=O)O. The molecule has 1 fully saturated rings. The van der Waals surface area contributed by atoms with Crippen LogP contribution in [0.5, 0.6) is 0 Å². The third kappa shape index (κ3) is 22.3. The second-order valence-electron chi connectivity index (χ2n) is 8.89. The summed E-state index contributed by atoms with van der Waals surface area (Å²) in [6, 6.07) is 0. The standard InChI is InChI=1S/C11H22O34S8/c12-46(13,14)38-3-6(41-49(21,22)23)8(43-51(27,28)29)7(42-50(24,25)26)4(39-47(15,16)17)1-36-11-10(45-53(33,34)35)9(44-52(30,31)32)5(2-37-11)40-48(18,19)20/h4-11H,1-3H2,(H,12,13,14)(H,15,16,17)(H,18,19,20)(H,21,22,23)(H,24,25,26)(H,27,28,29)(H,30,31,32)(H,33,34,35)/t4-,5-,6-,7-,8-,9-,10+,11+/m1/s1. The van der Waals surface area contributed by atoms with E-state index in [2.05, 4.69) is 33.5 Å². The van der Waals surface area contributed by atoms with Crippen molar-refractivity contribution >= 4 is 83.2 Å². The minimum atomic E-state index is -6.30. The van der Waals surface area contributed by atoms with Crippen LogP contribution >= 0.6 is 0 Å². The van der Waals surface area contributed by atoms with Crippen LogP contribution in [-0.2, 0) is 126 Å². The normalized spacial score (nSPS) is 23.9. The molecule has 42 heteroatoms. The maximum Gasteiger partial charge on any atom is 0.397 e. The molecule has 0 unspecified atom stereocenters. The molecule has 1 aliphatic rings. The van der Waals surface area contributed by atoms with Crippen molar-refractivity contribution in [2.45, 2.75) is 49.0 Å². The first kappa shape index (κ1) is 49.9. The summed E-state index contributed by atoms with van der Waals surface area (Å²) >= 11 is 0. The Labute approximate surface area is 297 Å². The Morgan fingerprint density at radius 3 is 1.15 bits per heavy atom. The molecule has 1 rings (SSSR count). The molecule has 0 aromatic rings. The van der Waals surface area contributed by atoms with Crippen molar-refractivity contribution in [2.75, 3.05) is 19.8 Å². The van der Waals surface area contributed by atoms with E-state index < -0.39 is 152 Å². The fourth-order valence-corrected chi connectivity index (χ4v) is 7.33. The summed E-state index contributed by atoms with van der Waals surface area (Å²) < 4.78 is 297. The molecule has 0 radical (unpaired) electrons. The molecule has 0 aliphatic carbocycles. The first-order valence-electron chi connectivity index (χ1n) is 11.7. The van der Waals surface area contributed by atoms with Crippen molar-refractivity contribution < 1.29 is 147 Å². The van der Waals surface area contributed by atoms with Gasteiger partial charge in [-0.2, -0.15) is 67.3 Å². The van der Waals surface area contributed by atoms with E-state index in [1.165, 1.54) is 0 Å². The summed E-state index contributed by atoms with van der Waals surface area (Å²) in [5.74, 6) is 0. The quantitative estimate of drug-likeness (QED) is 0.0441. The third-order valence-corrected chi connectivity index (χ3v) is 8.68. The van der Waals surface area contributed by atoms with Gasteiger partial charge in [0.25, 0.3) is 0 Å². The van der Waals surface area contributed by atoms with Crippen LogP contribution in [0.15, 0.2) is 0 Å². The van der Waals surface area contributed by atoms with Crippen molar-refractivity contribution in [1.82, 2.24) is 0 Å². The monoisotopic (exact) mass is 954 g/mol. The smallest absolute Gasteiger partial charge is 0.347 e. The molecule has 1 aliphatic heterocycles. The molecule has 8 N–H and O–H groups in total. The zero-order chi connectivity index (χ0) is 41.8. The number of hydrogen-bond donors (Lipinski definition) is 8. The molecule has 0 bridgehead atoms. The second kappa shape index (κ2) is 18.0. The van der Waals surface area contributed by atoms with Gasteiger partial charge in [0.05, 0.1) is 19.8 Å². The van der Waals surface area contributed by atoms with E-state index in [1.54, 1.807) is 0 Å². The van der Waals surface area contributed by atoms with Gasteiger partial charge in [-0.15, -0.1) is 0 Å². The van der Waals surface area contributed by atoms with Gasteiger partial charge in [0.2, 0.25) is 0 Å². The Bertz CT molecular complexity index is 2150. The summed E-state index contributed by atoms with van der Waals surface area (Å²) in [4.78, 5) is 0. The molecule has 0 saturated carbocycles. The van der Waals surface area contributed by atoms with Crippen LogP contribution < -0.4 is 0 Å². The van der Waals surface area contributed by atoms with Gasteiger partial charge in [-0.1, -0.05) is 0 Å². The maximum atomic E-state index is 11.7. The molecule has 53 heavy (non-hydrogen) atoms. The molecule has 8 atom stereocenters. The average Bonchev–Trinajstić information content (AvgIpc) is 2.84. The summed E-state index contributed by atoms with van der Waals surface area (Å²) in [6.07, 6.45) is -25.6. The van der Waals surface area contributed by atoms with E-state index in [-0.39, 0.29) is 0 Å². The van der Waals surface area contributed by atoms with E-state index in [0.717, 1.165) is 0 Å². The molecule has 1 saturated heterocycles. The van der Waals surface area contributed by atoms with E-state index in [9.17, 15) is 81.0 Å². The van der Waals surface area contributed by atoms with Crippen molar-refractivity contribution in [3.8, 4) is 0 Å². The third-order valence-electron chi connectivity index (χ3n) is 4.91. The summed E-state index contributed by atoms with van der Waals surface area (Å²) in [5.41, 5.74) is 0. The molecular weight excluding hydrogens is 933 g/mol. The number of rotatable bonds is 23. The first-order valence-corrected chi connectivity index (χ1v) is 22.6. The Balaban J connectivity index is 4.00. The Morgan fingerprint density at radius 2 is 0.811 bits per heavy atom. The molecule has 0 spiro atoms. The van der Waals surface area contributed by atoms with Crippen LogP contribution in [0.2, 0.25) is 0 Å². The van der Waals surface area contributed by atoms with Gasteiger partial charge in [0.1, 0.15) is 36.6 Å². The molecule has 0 aromatic heterocycles. The van der Waals surface area contributed by atoms with Gasteiger partial charge in [-0.3, -0.25) is 36.4 Å². The maximum absolute atomic E-state index is 11.7. The highest BCUT2D eigenvalue weighted by atomic mass is 32.3. The van der Waals surface area contributed by atoms with Crippen molar-refractivity contribution in [2.24, 2.45) is 0 Å². The van der Waals surface area contributed by atoms with Crippen LogP contribution in [0.3, 0.4) is 0 Å². The first-order chi connectivity index (χ1) is 23.2. The lowest BCUT2D eigenvalue weighted by Gasteiger charge is -2.39. The van der Waals surface area contributed by atoms with Gasteiger partial charge in [0.15, 0.2) is 12.4 Å². The zero-order valence-electron chi connectivity index (χ0n) is 24.2. The van der Waals surface area contributed by atoms with Gasteiger partial charge in [-0.25, -0.2) is 33.5 Å². The topological polar surface area (TPSA) is 527 Å². The van der Waals surface area contributed by atoms with E-state index >= 15 is 0 Å². The Hall–Kier alpha value is -1.12. The minimum Gasteiger partial charge on any atom is -0.347 e. The highest BCUT2D eigenvalue weighted by molar-refractivity contribution is 7.82. The van der Waals surface area contributed by atoms with Crippen LogP contribution in [0.4, 0.5) is 0 Å². The molecule has 0 aromatic carbocycles. The van der Waals surface area contributed by atoms with Crippen molar-refractivity contribution in [3.63, 3.8) is 0 Å². The highest BCUT2D eigenvalue weighted by Crippen LogP contribution is 2.30. The van der Waals surface area contributed by atoms with Gasteiger partial charge in [0, 0.05) is 0 Å². The van der Waals surface area contributed by atoms with Gasteiger partial charge in [-0.05, 0) is 0 Å². The van der Waals surface area contributed by atoms with Crippen LogP contribution in [0.1, 0.15) is 0 Å². The van der Waals surface area contributed by atoms with E-state index in [4.69, 9.17) is 32.2 Å². The fraction of sp³-hybridized carbons (Fsp3) is 1.00. The van der Waals surface area contributed by atoms with Gasteiger partial charge < -0.3 is 9.47 Å². The average molecular weight is 955 g/mol. The Kier molecular flexibility index (Phi) is 16.9. The van der Waals surface area contributed by atoms with Crippen LogP contribution in [0.25, 0.3) is 0 Å². The van der Waals surface area contributed by atoms with Crippen molar-refractivity contribution in [1.29, 1.82) is 0 Å². The predicted molar refractivity (Wildman–Crippen MR) is 148 cm³/mol. The van der Waals surface area contributed by atoms with E-state index in [0.29, 0.717) is 0 Å². The lowest BCUT2D eigenvalue weighted by Crippen LogP contribution is -2.59. The van der Waals surface area contributed by atoms with Crippen LogP contribution in [0, 0.1) is 0 Å².